The lowest BCUT2D eigenvalue weighted by molar-refractivity contribution is 0.964. The zero-order chi connectivity index (χ0) is 9.42. The summed E-state index contributed by atoms with van der Waals surface area (Å²) in [5.41, 5.74) is 1.97. The SMILES string of the molecule is [2H]Cc1cn(C)c2cccc([2H])c12. The summed E-state index contributed by atoms with van der Waals surface area (Å²) in [6.07, 6.45) is 1.93. The van der Waals surface area contributed by atoms with Crippen LogP contribution in [0.25, 0.3) is 10.9 Å². The zero-order valence-corrected chi connectivity index (χ0v) is 6.46. The summed E-state index contributed by atoms with van der Waals surface area (Å²) < 4.78 is 17.0. The van der Waals surface area contributed by atoms with Crippen molar-refractivity contribution < 1.29 is 2.74 Å². The summed E-state index contributed by atoms with van der Waals surface area (Å²) in [6, 6.07) is 6.13. The fourth-order valence-corrected chi connectivity index (χ4v) is 1.35. The van der Waals surface area contributed by atoms with Gasteiger partial charge in [0, 0.05) is 25.5 Å². The molecule has 11 heavy (non-hydrogen) atoms. The second-order valence-electron chi connectivity index (χ2n) is 2.70. The molecule has 0 fully saturated rings. The highest BCUT2D eigenvalue weighted by atomic mass is 14.9. The third kappa shape index (κ3) is 0.845. The first kappa shape index (κ1) is 4.60. The molecule has 1 aromatic carbocycles. The second kappa shape index (κ2) is 2.12. The largest absolute Gasteiger partial charge is 0.350 e. The smallest absolute Gasteiger partial charge is 0.0630 e. The fourth-order valence-electron chi connectivity index (χ4n) is 1.35. The Morgan fingerprint density at radius 1 is 1.55 bits per heavy atom. The average molecular weight is 147 g/mol. The van der Waals surface area contributed by atoms with Gasteiger partial charge in [-0.15, -0.1) is 0 Å². The molecule has 56 valence electrons. The van der Waals surface area contributed by atoms with E-state index in [1.165, 1.54) is 0 Å². The van der Waals surface area contributed by atoms with Gasteiger partial charge >= 0.3 is 0 Å². The number of fused-ring (bicyclic) bond motifs is 1. The summed E-state index contributed by atoms with van der Waals surface area (Å²) in [5.74, 6) is 0. The highest BCUT2D eigenvalue weighted by Crippen LogP contribution is 2.18. The molecular formula is C10H11N. The standard InChI is InChI=1S/C10H11N/c1-8-7-11(2)10-6-4-3-5-9(8)10/h3-7H,1-2H3/i1D,5D. The van der Waals surface area contributed by atoms with Crippen LogP contribution < -0.4 is 0 Å². The highest BCUT2D eigenvalue weighted by Gasteiger charge is 1.98. The number of aryl methyl sites for hydroxylation is 2. The number of para-hydroxylation sites is 1. The van der Waals surface area contributed by atoms with Crippen molar-refractivity contribution in [1.29, 1.82) is 0 Å². The van der Waals surface area contributed by atoms with Crippen molar-refractivity contribution in [1.82, 2.24) is 4.57 Å². The maximum atomic E-state index is 7.72. The molecule has 0 saturated heterocycles. The Labute approximate surface area is 69.1 Å². The summed E-state index contributed by atoms with van der Waals surface area (Å²) in [7, 11) is 1.95. The summed E-state index contributed by atoms with van der Waals surface area (Å²) in [4.78, 5) is 0. The maximum Gasteiger partial charge on any atom is 0.0630 e. The molecule has 0 aliphatic heterocycles. The van der Waals surface area contributed by atoms with Crippen LogP contribution in [-0.4, -0.2) is 4.57 Å². The van der Waals surface area contributed by atoms with Gasteiger partial charge in [0.15, 0.2) is 0 Å². The summed E-state index contributed by atoms with van der Waals surface area (Å²) in [6.45, 7) is 0.243. The number of rotatable bonds is 0. The van der Waals surface area contributed by atoms with E-state index >= 15 is 0 Å². The van der Waals surface area contributed by atoms with Gasteiger partial charge in [0.25, 0.3) is 0 Å². The van der Waals surface area contributed by atoms with Crippen LogP contribution in [0.4, 0.5) is 0 Å². The Hall–Kier alpha value is -1.24. The van der Waals surface area contributed by atoms with Crippen molar-refractivity contribution in [3.05, 3.63) is 36.0 Å². The first-order valence-electron chi connectivity index (χ1n) is 4.77. The summed E-state index contributed by atoms with van der Waals surface area (Å²) >= 11 is 0. The molecule has 0 aliphatic carbocycles. The average Bonchev–Trinajstić information content (AvgIpc) is 2.45. The lowest BCUT2D eigenvalue weighted by Crippen LogP contribution is -1.81. The predicted octanol–water partition coefficient (Wildman–Crippen LogP) is 2.49. The maximum absolute atomic E-state index is 7.72. The van der Waals surface area contributed by atoms with E-state index in [9.17, 15) is 0 Å². The first-order valence-corrected chi connectivity index (χ1v) is 3.57. The fraction of sp³-hybridized carbons (Fsp3) is 0.200. The van der Waals surface area contributed by atoms with Gasteiger partial charge in [0.1, 0.15) is 0 Å². The van der Waals surface area contributed by atoms with Crippen molar-refractivity contribution in [3.63, 3.8) is 0 Å². The van der Waals surface area contributed by atoms with Crippen molar-refractivity contribution >= 4 is 10.9 Å². The molecule has 0 amide bonds. The van der Waals surface area contributed by atoms with E-state index in [-0.39, 0.29) is 6.90 Å². The lowest BCUT2D eigenvalue weighted by Gasteiger charge is -1.92. The number of aromatic nitrogens is 1. The van der Waals surface area contributed by atoms with E-state index in [1.807, 2.05) is 29.9 Å². The van der Waals surface area contributed by atoms with Gasteiger partial charge in [0.2, 0.25) is 0 Å². The second-order valence-corrected chi connectivity index (χ2v) is 2.70. The monoisotopic (exact) mass is 147 g/mol. The normalized spacial score (nSPS) is 13.2. The zero-order valence-electron chi connectivity index (χ0n) is 8.46. The van der Waals surface area contributed by atoms with Crippen LogP contribution in [-0.2, 0) is 7.05 Å². The number of hydrogen-bond acceptors (Lipinski definition) is 0. The molecule has 0 unspecified atom stereocenters. The van der Waals surface area contributed by atoms with Gasteiger partial charge in [0.05, 0.1) is 1.37 Å². The highest BCUT2D eigenvalue weighted by molar-refractivity contribution is 5.83. The van der Waals surface area contributed by atoms with Gasteiger partial charge in [-0.25, -0.2) is 0 Å². The van der Waals surface area contributed by atoms with Crippen LogP contribution in [0.5, 0.6) is 0 Å². The minimum absolute atomic E-state index is 0.243. The van der Waals surface area contributed by atoms with Crippen LogP contribution in [0.2, 0.25) is 0 Å². The molecule has 1 nitrogen and oxygen atoms in total. The van der Waals surface area contributed by atoms with Crippen molar-refractivity contribution in [3.8, 4) is 0 Å². The van der Waals surface area contributed by atoms with Crippen molar-refractivity contribution in [2.75, 3.05) is 0 Å². The van der Waals surface area contributed by atoms with Gasteiger partial charge < -0.3 is 4.57 Å². The predicted molar refractivity (Wildman–Crippen MR) is 47.7 cm³/mol. The minimum atomic E-state index is 0.243. The topological polar surface area (TPSA) is 4.93 Å². The molecule has 0 N–H and O–H groups in total. The van der Waals surface area contributed by atoms with Crippen LogP contribution in [0, 0.1) is 6.90 Å². The minimum Gasteiger partial charge on any atom is -0.350 e. The van der Waals surface area contributed by atoms with Crippen molar-refractivity contribution in [2.45, 2.75) is 6.90 Å². The van der Waals surface area contributed by atoms with E-state index in [1.54, 1.807) is 6.07 Å². The first-order chi connectivity index (χ1) is 6.24. The molecule has 0 aliphatic rings. The van der Waals surface area contributed by atoms with E-state index in [0.29, 0.717) is 6.04 Å². The van der Waals surface area contributed by atoms with Crippen molar-refractivity contribution in [2.24, 2.45) is 7.05 Å². The van der Waals surface area contributed by atoms with E-state index < -0.39 is 0 Å². The van der Waals surface area contributed by atoms with Crippen LogP contribution in [0.3, 0.4) is 0 Å². The molecular weight excluding hydrogens is 134 g/mol. The van der Waals surface area contributed by atoms with Gasteiger partial charge in [-0.3, -0.25) is 0 Å². The molecule has 0 spiro atoms. The number of hydrogen-bond donors (Lipinski definition) is 0. The molecule has 0 bridgehead atoms. The number of benzene rings is 1. The number of nitrogens with zero attached hydrogens (tertiary/aromatic N) is 1. The van der Waals surface area contributed by atoms with Crippen LogP contribution >= 0.6 is 0 Å². The Morgan fingerprint density at radius 3 is 3.27 bits per heavy atom. The Bertz CT molecular complexity index is 445. The molecule has 0 atom stereocenters. The van der Waals surface area contributed by atoms with E-state index in [2.05, 4.69) is 0 Å². The Kier molecular flexibility index (Phi) is 0.888. The molecule has 1 heteroatoms. The van der Waals surface area contributed by atoms with Crippen LogP contribution in [0.1, 0.15) is 8.30 Å². The molecule has 2 rings (SSSR count). The quantitative estimate of drug-likeness (QED) is 0.539. The lowest BCUT2D eigenvalue weighted by atomic mass is 10.2. The summed E-state index contributed by atoms with van der Waals surface area (Å²) in [5, 5.41) is 0.917. The van der Waals surface area contributed by atoms with Gasteiger partial charge in [-0.1, -0.05) is 18.2 Å². The van der Waals surface area contributed by atoms with E-state index in [4.69, 9.17) is 2.74 Å². The molecule has 0 radical (unpaired) electrons. The Balaban J connectivity index is 2.89. The molecule has 1 heterocycles. The van der Waals surface area contributed by atoms with Crippen LogP contribution in [0.15, 0.2) is 30.4 Å². The molecule has 2 aromatic rings. The van der Waals surface area contributed by atoms with Gasteiger partial charge in [-0.2, -0.15) is 0 Å². The van der Waals surface area contributed by atoms with Gasteiger partial charge in [-0.05, 0) is 18.5 Å². The third-order valence-corrected chi connectivity index (χ3v) is 1.88. The molecule has 0 saturated carbocycles. The van der Waals surface area contributed by atoms with E-state index in [0.717, 1.165) is 16.5 Å². The molecule has 1 aromatic heterocycles. The third-order valence-electron chi connectivity index (χ3n) is 1.88. The Morgan fingerprint density at radius 2 is 2.45 bits per heavy atom.